The molecule has 1 aliphatic rings. The van der Waals surface area contributed by atoms with Gasteiger partial charge in [0.25, 0.3) is 0 Å². The first-order chi connectivity index (χ1) is 13.0. The van der Waals surface area contributed by atoms with E-state index >= 15 is 0 Å². The molecule has 4 rings (SSSR count). The number of anilines is 1. The van der Waals surface area contributed by atoms with Gasteiger partial charge in [-0.2, -0.15) is 5.26 Å². The largest absolute Gasteiger partial charge is 0.340 e. The molecule has 2 atom stereocenters. The number of pyridine rings is 1. The number of nitriles is 1. The molecule has 3 heterocycles. The van der Waals surface area contributed by atoms with Crippen LogP contribution in [0.3, 0.4) is 0 Å². The lowest BCUT2D eigenvalue weighted by Crippen LogP contribution is -2.50. The normalized spacial score (nSPS) is 20.0. The number of nitrogens with two attached hydrogens (primary N) is 1. The minimum atomic E-state index is -0.971. The summed E-state index contributed by atoms with van der Waals surface area (Å²) in [5.74, 6) is 0.782. The number of fused-ring (bicyclic) bond motifs is 1. The quantitative estimate of drug-likeness (QED) is 0.772. The molecule has 0 spiro atoms. The summed E-state index contributed by atoms with van der Waals surface area (Å²) in [4.78, 5) is 11.3. The number of aryl methyl sites for hydroxylation is 1. The number of rotatable bonds is 3. The number of alkyl halides is 1. The maximum atomic E-state index is 13.8. The second-order valence-electron chi connectivity index (χ2n) is 7.05. The van der Waals surface area contributed by atoms with E-state index in [0.717, 1.165) is 28.2 Å². The van der Waals surface area contributed by atoms with Gasteiger partial charge in [0.05, 0.1) is 34.9 Å². The third-order valence-corrected chi connectivity index (χ3v) is 5.01. The zero-order valence-electron chi connectivity index (χ0n) is 15.1. The van der Waals surface area contributed by atoms with Gasteiger partial charge in [0.15, 0.2) is 0 Å². The van der Waals surface area contributed by atoms with E-state index in [1.165, 1.54) is 0 Å². The van der Waals surface area contributed by atoms with Gasteiger partial charge in [-0.1, -0.05) is 6.07 Å². The fourth-order valence-corrected chi connectivity index (χ4v) is 3.51. The zero-order valence-corrected chi connectivity index (χ0v) is 15.1. The van der Waals surface area contributed by atoms with Crippen molar-refractivity contribution in [2.75, 3.05) is 18.0 Å². The Labute approximate surface area is 157 Å². The van der Waals surface area contributed by atoms with Crippen molar-refractivity contribution in [2.45, 2.75) is 32.1 Å². The molecular weight excluding hydrogens is 343 g/mol. The molecule has 2 aromatic heterocycles. The molecule has 0 amide bonds. The van der Waals surface area contributed by atoms with E-state index in [1.54, 1.807) is 12.3 Å². The second-order valence-corrected chi connectivity index (χ2v) is 7.05. The van der Waals surface area contributed by atoms with Crippen LogP contribution >= 0.6 is 0 Å². The van der Waals surface area contributed by atoms with Crippen LogP contribution in [-0.4, -0.2) is 39.8 Å². The summed E-state index contributed by atoms with van der Waals surface area (Å²) in [6, 6.07) is 11.3. The average molecular weight is 364 g/mol. The first-order valence-electron chi connectivity index (χ1n) is 9.01. The highest BCUT2D eigenvalue weighted by atomic mass is 19.1. The Morgan fingerprint density at radius 2 is 2.19 bits per heavy atom. The average Bonchev–Trinajstić information content (AvgIpc) is 3.02. The number of imidazole rings is 1. The van der Waals surface area contributed by atoms with Gasteiger partial charge >= 0.3 is 0 Å². The SMILES string of the molecule is Cc1ccc2c(c1)nc(N1CC[C@@H](F)[C@H](N)C1)n2Cc1ccc(C#N)cn1. The topological polar surface area (TPSA) is 83.8 Å². The smallest absolute Gasteiger partial charge is 0.206 e. The first-order valence-corrected chi connectivity index (χ1v) is 9.01. The van der Waals surface area contributed by atoms with Crippen molar-refractivity contribution < 1.29 is 4.39 Å². The third kappa shape index (κ3) is 3.36. The highest BCUT2D eigenvalue weighted by Crippen LogP contribution is 2.27. The van der Waals surface area contributed by atoms with Gasteiger partial charge in [-0.15, -0.1) is 0 Å². The van der Waals surface area contributed by atoms with Crippen LogP contribution in [0.5, 0.6) is 0 Å². The van der Waals surface area contributed by atoms with Crippen molar-refractivity contribution in [3.05, 3.63) is 53.3 Å². The van der Waals surface area contributed by atoms with Gasteiger partial charge in [0.2, 0.25) is 5.95 Å². The zero-order chi connectivity index (χ0) is 19.0. The molecule has 0 bridgehead atoms. The molecule has 0 unspecified atom stereocenters. The molecular formula is C20H21FN6. The summed E-state index contributed by atoms with van der Waals surface area (Å²) in [5.41, 5.74) is 10.4. The van der Waals surface area contributed by atoms with Crippen molar-refractivity contribution >= 4 is 17.0 Å². The molecule has 0 saturated carbocycles. The molecule has 1 saturated heterocycles. The third-order valence-electron chi connectivity index (χ3n) is 5.01. The highest BCUT2D eigenvalue weighted by Gasteiger charge is 2.29. The van der Waals surface area contributed by atoms with Gasteiger partial charge < -0.3 is 15.2 Å². The Balaban J connectivity index is 1.75. The van der Waals surface area contributed by atoms with Crippen molar-refractivity contribution in [3.8, 4) is 6.07 Å². The van der Waals surface area contributed by atoms with E-state index < -0.39 is 12.2 Å². The maximum Gasteiger partial charge on any atom is 0.206 e. The number of hydrogen-bond donors (Lipinski definition) is 1. The number of halogens is 1. The van der Waals surface area contributed by atoms with Gasteiger partial charge in [0.1, 0.15) is 12.2 Å². The van der Waals surface area contributed by atoms with Crippen LogP contribution in [0.15, 0.2) is 36.5 Å². The second kappa shape index (κ2) is 6.97. The molecule has 1 aliphatic heterocycles. The number of hydrogen-bond acceptors (Lipinski definition) is 5. The van der Waals surface area contributed by atoms with Crippen LogP contribution in [0.2, 0.25) is 0 Å². The summed E-state index contributed by atoms with van der Waals surface area (Å²) in [7, 11) is 0. The van der Waals surface area contributed by atoms with E-state index in [-0.39, 0.29) is 0 Å². The molecule has 0 radical (unpaired) electrons. The van der Waals surface area contributed by atoms with E-state index in [4.69, 9.17) is 16.0 Å². The fourth-order valence-electron chi connectivity index (χ4n) is 3.51. The Hall–Kier alpha value is -2.98. The summed E-state index contributed by atoms with van der Waals surface area (Å²) >= 11 is 0. The number of aromatic nitrogens is 3. The summed E-state index contributed by atoms with van der Waals surface area (Å²) < 4.78 is 15.9. The lowest BCUT2D eigenvalue weighted by molar-refractivity contribution is 0.243. The van der Waals surface area contributed by atoms with Gasteiger partial charge in [-0.3, -0.25) is 4.98 Å². The van der Waals surface area contributed by atoms with Gasteiger partial charge in [-0.25, -0.2) is 9.37 Å². The Bertz CT molecular complexity index is 1000. The van der Waals surface area contributed by atoms with Crippen LogP contribution in [0.1, 0.15) is 23.2 Å². The molecule has 3 aromatic rings. The summed E-state index contributed by atoms with van der Waals surface area (Å²) in [6.45, 7) is 3.57. The van der Waals surface area contributed by atoms with Crippen LogP contribution in [0.4, 0.5) is 10.3 Å². The summed E-state index contributed by atoms with van der Waals surface area (Å²) in [6.07, 6.45) is 1.00. The first kappa shape index (κ1) is 17.4. The van der Waals surface area contributed by atoms with Crippen molar-refractivity contribution in [1.82, 2.24) is 14.5 Å². The van der Waals surface area contributed by atoms with Crippen LogP contribution in [0, 0.1) is 18.3 Å². The number of piperidine rings is 1. The predicted molar refractivity (Wildman–Crippen MR) is 102 cm³/mol. The maximum absolute atomic E-state index is 13.8. The molecule has 0 aliphatic carbocycles. The van der Waals surface area contributed by atoms with E-state index in [1.807, 2.05) is 25.1 Å². The number of benzene rings is 1. The van der Waals surface area contributed by atoms with Crippen LogP contribution in [0.25, 0.3) is 11.0 Å². The number of nitrogens with zero attached hydrogens (tertiary/aromatic N) is 5. The molecule has 6 nitrogen and oxygen atoms in total. The lowest BCUT2D eigenvalue weighted by Gasteiger charge is -2.34. The Morgan fingerprint density at radius 3 is 2.89 bits per heavy atom. The molecule has 1 aromatic carbocycles. The summed E-state index contributed by atoms with van der Waals surface area (Å²) in [5, 5.41) is 8.96. The van der Waals surface area contributed by atoms with Gasteiger partial charge in [0, 0.05) is 19.3 Å². The molecule has 2 N–H and O–H groups in total. The molecule has 7 heteroatoms. The monoisotopic (exact) mass is 364 g/mol. The minimum absolute atomic E-state index is 0.401. The predicted octanol–water partition coefficient (Wildman–Crippen LogP) is 2.54. The Kier molecular flexibility index (Phi) is 4.50. The Morgan fingerprint density at radius 1 is 1.33 bits per heavy atom. The van der Waals surface area contributed by atoms with E-state index in [0.29, 0.717) is 31.6 Å². The van der Waals surface area contributed by atoms with Gasteiger partial charge in [-0.05, 0) is 43.2 Å². The van der Waals surface area contributed by atoms with Crippen LogP contribution < -0.4 is 10.6 Å². The highest BCUT2D eigenvalue weighted by molar-refractivity contribution is 5.80. The lowest BCUT2D eigenvalue weighted by atomic mass is 10.1. The van der Waals surface area contributed by atoms with E-state index in [9.17, 15) is 4.39 Å². The minimum Gasteiger partial charge on any atom is -0.340 e. The van der Waals surface area contributed by atoms with Crippen molar-refractivity contribution in [1.29, 1.82) is 5.26 Å². The molecule has 1 fully saturated rings. The van der Waals surface area contributed by atoms with E-state index in [2.05, 4.69) is 26.6 Å². The van der Waals surface area contributed by atoms with Crippen molar-refractivity contribution in [3.63, 3.8) is 0 Å². The van der Waals surface area contributed by atoms with Crippen molar-refractivity contribution in [2.24, 2.45) is 5.73 Å². The standard InChI is InChI=1S/C20H21FN6/c1-13-2-5-19-18(8-13)25-20(26-7-6-16(21)17(23)12-26)27(19)11-15-4-3-14(9-22)10-24-15/h2-5,8,10,16-17H,6-7,11-12,23H2,1H3/t16-,17-/m1/s1. The molecule has 138 valence electrons. The fraction of sp³-hybridized carbons (Fsp3) is 0.350. The molecule has 27 heavy (non-hydrogen) atoms. The van der Waals surface area contributed by atoms with Crippen LogP contribution in [-0.2, 0) is 6.54 Å².